The summed E-state index contributed by atoms with van der Waals surface area (Å²) in [6.07, 6.45) is 3.78. The number of nitrogens with two attached hydrogens (primary N) is 1. The molecule has 0 amide bonds. The van der Waals surface area contributed by atoms with Gasteiger partial charge in [0.05, 0.1) is 0 Å². The first kappa shape index (κ1) is 13.3. The summed E-state index contributed by atoms with van der Waals surface area (Å²) in [5, 5.41) is 0.834. The molecular formula is C13H18BrClN2. The topological polar surface area (TPSA) is 29.3 Å². The molecule has 2 N–H and O–H groups in total. The van der Waals surface area contributed by atoms with E-state index in [-0.39, 0.29) is 0 Å². The van der Waals surface area contributed by atoms with Gasteiger partial charge in [0.2, 0.25) is 0 Å². The lowest BCUT2D eigenvalue weighted by molar-refractivity contribution is 0.145. The van der Waals surface area contributed by atoms with Gasteiger partial charge >= 0.3 is 0 Å². The monoisotopic (exact) mass is 316 g/mol. The Morgan fingerprint density at radius 2 is 2.24 bits per heavy atom. The van der Waals surface area contributed by atoms with Crippen molar-refractivity contribution < 1.29 is 0 Å². The zero-order valence-corrected chi connectivity index (χ0v) is 12.2. The Balaban J connectivity index is 2.08. The third kappa shape index (κ3) is 3.44. The van der Waals surface area contributed by atoms with Crippen molar-refractivity contribution in [2.45, 2.75) is 31.8 Å². The van der Waals surface area contributed by atoms with Crippen molar-refractivity contribution in [1.29, 1.82) is 0 Å². The third-order valence-corrected chi connectivity index (χ3v) is 4.25. The van der Waals surface area contributed by atoms with E-state index < -0.39 is 0 Å². The summed E-state index contributed by atoms with van der Waals surface area (Å²) in [5.74, 6) is 0. The third-order valence-electron chi connectivity index (χ3n) is 3.41. The molecule has 0 radical (unpaired) electrons. The van der Waals surface area contributed by atoms with Gasteiger partial charge in [0.1, 0.15) is 0 Å². The summed E-state index contributed by atoms with van der Waals surface area (Å²) in [6.45, 7) is 2.79. The van der Waals surface area contributed by atoms with Crippen molar-refractivity contribution in [3.63, 3.8) is 0 Å². The smallest absolute Gasteiger partial charge is 0.0462 e. The largest absolute Gasteiger partial charge is 0.329 e. The summed E-state index contributed by atoms with van der Waals surface area (Å²) in [4.78, 5) is 2.46. The number of benzene rings is 1. The molecule has 1 aromatic carbocycles. The molecule has 2 nitrogen and oxygen atoms in total. The van der Waals surface area contributed by atoms with E-state index in [1.807, 2.05) is 12.1 Å². The van der Waals surface area contributed by atoms with E-state index in [9.17, 15) is 0 Å². The minimum Gasteiger partial charge on any atom is -0.329 e. The Labute approximate surface area is 116 Å². The van der Waals surface area contributed by atoms with Gasteiger partial charge in [0, 0.05) is 28.6 Å². The highest BCUT2D eigenvalue weighted by molar-refractivity contribution is 9.10. The van der Waals surface area contributed by atoms with Crippen LogP contribution < -0.4 is 5.73 Å². The number of piperidine rings is 1. The van der Waals surface area contributed by atoms with Crippen LogP contribution in [0.1, 0.15) is 24.8 Å². The number of nitrogens with zero attached hydrogens (tertiary/aromatic N) is 1. The highest BCUT2D eigenvalue weighted by atomic mass is 79.9. The summed E-state index contributed by atoms with van der Waals surface area (Å²) < 4.78 is 1.03. The van der Waals surface area contributed by atoms with Crippen LogP contribution in [-0.4, -0.2) is 24.0 Å². The van der Waals surface area contributed by atoms with E-state index in [0.29, 0.717) is 6.04 Å². The highest BCUT2D eigenvalue weighted by Crippen LogP contribution is 2.25. The van der Waals surface area contributed by atoms with E-state index >= 15 is 0 Å². The predicted octanol–water partition coefficient (Wildman–Crippen LogP) is 3.42. The molecule has 1 saturated heterocycles. The molecule has 4 heteroatoms. The Hall–Kier alpha value is -0.0900. The van der Waals surface area contributed by atoms with E-state index in [4.69, 9.17) is 17.3 Å². The van der Waals surface area contributed by atoms with E-state index in [0.717, 1.165) is 29.1 Å². The minimum atomic E-state index is 0.517. The molecule has 0 saturated carbocycles. The van der Waals surface area contributed by atoms with Gasteiger partial charge in [-0.2, -0.15) is 0 Å². The first-order chi connectivity index (χ1) is 8.20. The van der Waals surface area contributed by atoms with Gasteiger partial charge in [-0.05, 0) is 37.1 Å². The highest BCUT2D eigenvalue weighted by Gasteiger charge is 2.21. The number of halogens is 2. The molecular weight excluding hydrogens is 300 g/mol. The summed E-state index contributed by atoms with van der Waals surface area (Å²) in [7, 11) is 0. The molecule has 94 valence electrons. The quantitative estimate of drug-likeness (QED) is 0.925. The van der Waals surface area contributed by atoms with Gasteiger partial charge in [-0.1, -0.05) is 40.0 Å². The number of hydrogen-bond donors (Lipinski definition) is 1. The zero-order valence-electron chi connectivity index (χ0n) is 9.83. The van der Waals surface area contributed by atoms with Gasteiger partial charge < -0.3 is 5.73 Å². The number of hydrogen-bond acceptors (Lipinski definition) is 2. The molecule has 2 rings (SSSR count). The van der Waals surface area contributed by atoms with Crippen LogP contribution in [0.3, 0.4) is 0 Å². The van der Waals surface area contributed by atoms with E-state index in [1.165, 1.54) is 24.8 Å². The molecule has 1 atom stereocenters. The maximum atomic E-state index is 6.25. The lowest BCUT2D eigenvalue weighted by Gasteiger charge is -2.35. The molecule has 17 heavy (non-hydrogen) atoms. The van der Waals surface area contributed by atoms with Crippen LogP contribution in [0.25, 0.3) is 0 Å². The molecule has 0 aliphatic carbocycles. The molecule has 1 unspecified atom stereocenters. The van der Waals surface area contributed by atoms with Crippen molar-refractivity contribution in [3.05, 3.63) is 33.3 Å². The average Bonchev–Trinajstić information content (AvgIpc) is 2.33. The SMILES string of the molecule is NCC1CCCCN1Cc1ccc(Br)cc1Cl. The second-order valence-electron chi connectivity index (χ2n) is 4.59. The van der Waals surface area contributed by atoms with Gasteiger partial charge in [-0.25, -0.2) is 0 Å². The lowest BCUT2D eigenvalue weighted by atomic mass is 10.0. The standard InChI is InChI=1S/C13H18BrClN2/c14-11-5-4-10(13(15)7-11)9-17-6-2-1-3-12(17)8-16/h4-5,7,12H,1-3,6,8-9,16H2. The Morgan fingerprint density at radius 1 is 1.41 bits per heavy atom. The maximum Gasteiger partial charge on any atom is 0.0462 e. The van der Waals surface area contributed by atoms with Gasteiger partial charge in [0.25, 0.3) is 0 Å². The fourth-order valence-electron chi connectivity index (χ4n) is 2.40. The Morgan fingerprint density at radius 3 is 2.94 bits per heavy atom. The van der Waals surface area contributed by atoms with Crippen LogP contribution in [0.5, 0.6) is 0 Å². The molecule has 0 bridgehead atoms. The molecule has 1 fully saturated rings. The van der Waals surface area contributed by atoms with E-state index in [2.05, 4.69) is 26.9 Å². The van der Waals surface area contributed by atoms with Crippen LogP contribution in [0.4, 0.5) is 0 Å². The number of likely N-dealkylation sites (tertiary alicyclic amines) is 1. The van der Waals surface area contributed by atoms with Crippen LogP contribution in [0.15, 0.2) is 22.7 Å². The maximum absolute atomic E-state index is 6.25. The normalized spacial score (nSPS) is 21.7. The van der Waals surface area contributed by atoms with Crippen molar-refractivity contribution >= 4 is 27.5 Å². The minimum absolute atomic E-state index is 0.517. The number of rotatable bonds is 3. The van der Waals surface area contributed by atoms with Crippen LogP contribution in [0.2, 0.25) is 5.02 Å². The molecule has 1 aliphatic rings. The Bertz CT molecular complexity index is 384. The fourth-order valence-corrected chi connectivity index (χ4v) is 3.14. The van der Waals surface area contributed by atoms with Crippen LogP contribution >= 0.6 is 27.5 Å². The summed E-state index contributed by atoms with van der Waals surface area (Å²) >= 11 is 9.68. The lowest BCUT2D eigenvalue weighted by Crippen LogP contribution is -2.43. The van der Waals surface area contributed by atoms with Crippen LogP contribution in [0, 0.1) is 0 Å². The van der Waals surface area contributed by atoms with Crippen molar-refractivity contribution in [2.75, 3.05) is 13.1 Å². The first-order valence-corrected chi connectivity index (χ1v) is 7.26. The summed E-state index contributed by atoms with van der Waals surface area (Å²) in [6, 6.07) is 6.61. The molecule has 0 aromatic heterocycles. The second kappa shape index (κ2) is 6.19. The second-order valence-corrected chi connectivity index (χ2v) is 5.91. The first-order valence-electron chi connectivity index (χ1n) is 6.08. The van der Waals surface area contributed by atoms with Crippen molar-refractivity contribution in [3.8, 4) is 0 Å². The molecule has 1 aliphatic heterocycles. The zero-order chi connectivity index (χ0) is 12.3. The van der Waals surface area contributed by atoms with Gasteiger partial charge in [-0.15, -0.1) is 0 Å². The molecule has 1 heterocycles. The van der Waals surface area contributed by atoms with Crippen molar-refractivity contribution in [2.24, 2.45) is 5.73 Å². The predicted molar refractivity (Wildman–Crippen MR) is 76.3 cm³/mol. The Kier molecular flexibility index (Phi) is 4.86. The average molecular weight is 318 g/mol. The van der Waals surface area contributed by atoms with Crippen molar-refractivity contribution in [1.82, 2.24) is 4.90 Å². The van der Waals surface area contributed by atoms with Gasteiger partial charge in [-0.3, -0.25) is 4.90 Å². The fraction of sp³-hybridized carbons (Fsp3) is 0.538. The molecule has 1 aromatic rings. The van der Waals surface area contributed by atoms with Crippen LogP contribution in [-0.2, 0) is 6.54 Å². The van der Waals surface area contributed by atoms with Gasteiger partial charge in [0.15, 0.2) is 0 Å². The summed E-state index contributed by atoms with van der Waals surface area (Å²) in [5.41, 5.74) is 7.02. The molecule has 0 spiro atoms. The van der Waals surface area contributed by atoms with E-state index in [1.54, 1.807) is 0 Å².